The predicted molar refractivity (Wildman–Crippen MR) is 76.7 cm³/mol. The molecular formula is C15H19BrN2. The van der Waals surface area contributed by atoms with E-state index in [4.69, 9.17) is 0 Å². The predicted octanol–water partition coefficient (Wildman–Crippen LogP) is 3.98. The quantitative estimate of drug-likeness (QED) is 0.728. The molecule has 0 saturated heterocycles. The van der Waals surface area contributed by atoms with Crippen LogP contribution in [0, 0.1) is 5.41 Å². The fraction of sp³-hybridized carbons (Fsp3) is 0.600. The number of rotatable bonds is 0. The Hall–Kier alpha value is -0.700. The number of nitrogens with one attached hydrogen (secondary N) is 1. The van der Waals surface area contributed by atoms with E-state index in [-0.39, 0.29) is 5.66 Å². The minimum absolute atomic E-state index is 0.164. The molecule has 3 heteroatoms. The van der Waals surface area contributed by atoms with Gasteiger partial charge >= 0.3 is 0 Å². The van der Waals surface area contributed by atoms with Crippen LogP contribution in [0.3, 0.4) is 0 Å². The summed E-state index contributed by atoms with van der Waals surface area (Å²) in [6, 6.07) is 0. The fourth-order valence-corrected chi connectivity index (χ4v) is 4.31. The van der Waals surface area contributed by atoms with Gasteiger partial charge in [0.1, 0.15) is 5.66 Å². The van der Waals surface area contributed by atoms with E-state index < -0.39 is 0 Å². The molecule has 0 aromatic heterocycles. The van der Waals surface area contributed by atoms with Gasteiger partial charge in [-0.3, -0.25) is 0 Å². The average molecular weight is 307 g/mol. The average Bonchev–Trinajstić information content (AvgIpc) is 3.02. The molecule has 0 atom stereocenters. The monoisotopic (exact) mass is 306 g/mol. The lowest BCUT2D eigenvalue weighted by Crippen LogP contribution is -2.53. The van der Waals surface area contributed by atoms with Crippen LogP contribution in [-0.4, -0.2) is 10.6 Å². The normalized spacial score (nSPS) is 30.6. The zero-order chi connectivity index (χ0) is 12.4. The van der Waals surface area contributed by atoms with Crippen LogP contribution in [0.25, 0.3) is 0 Å². The molecule has 18 heavy (non-hydrogen) atoms. The number of halogens is 1. The summed E-state index contributed by atoms with van der Waals surface area (Å²) in [7, 11) is 0. The first kappa shape index (κ1) is 11.2. The highest BCUT2D eigenvalue weighted by atomic mass is 79.9. The summed E-state index contributed by atoms with van der Waals surface area (Å²) < 4.78 is 1.19. The van der Waals surface area contributed by atoms with Crippen molar-refractivity contribution >= 4 is 15.9 Å². The second-order valence-corrected chi connectivity index (χ2v) is 7.33. The van der Waals surface area contributed by atoms with Crippen molar-refractivity contribution in [2.75, 3.05) is 0 Å². The second-order valence-electron chi connectivity index (χ2n) is 6.42. The largest absolute Gasteiger partial charge is 0.367 e. The molecule has 2 spiro atoms. The highest BCUT2D eigenvalue weighted by molar-refractivity contribution is 9.11. The fourth-order valence-electron chi connectivity index (χ4n) is 3.77. The third-order valence-corrected chi connectivity index (χ3v) is 5.74. The van der Waals surface area contributed by atoms with Gasteiger partial charge < -0.3 is 10.2 Å². The Labute approximate surface area is 117 Å². The van der Waals surface area contributed by atoms with Gasteiger partial charge in [0.05, 0.1) is 5.70 Å². The Morgan fingerprint density at radius 1 is 1.17 bits per heavy atom. The van der Waals surface area contributed by atoms with Crippen LogP contribution in [0.2, 0.25) is 0 Å². The smallest absolute Gasteiger partial charge is 0.114 e. The zero-order valence-corrected chi connectivity index (χ0v) is 12.4. The Morgan fingerprint density at radius 2 is 1.83 bits per heavy atom. The third kappa shape index (κ3) is 1.46. The summed E-state index contributed by atoms with van der Waals surface area (Å²) in [6.07, 6.45) is 15.0. The van der Waals surface area contributed by atoms with Gasteiger partial charge in [-0.1, -0.05) is 0 Å². The highest BCUT2D eigenvalue weighted by Gasteiger charge is 2.52. The molecule has 0 aromatic carbocycles. The van der Waals surface area contributed by atoms with Crippen LogP contribution in [-0.2, 0) is 0 Å². The van der Waals surface area contributed by atoms with Gasteiger partial charge in [0, 0.05) is 16.9 Å². The Balaban J connectivity index is 1.64. The van der Waals surface area contributed by atoms with Crippen molar-refractivity contribution in [3.63, 3.8) is 0 Å². The van der Waals surface area contributed by atoms with Crippen molar-refractivity contribution in [1.82, 2.24) is 10.2 Å². The van der Waals surface area contributed by atoms with Gasteiger partial charge in [-0.2, -0.15) is 0 Å². The number of fused-ring (bicyclic) bond motifs is 2. The van der Waals surface area contributed by atoms with Crippen LogP contribution in [0.4, 0.5) is 0 Å². The van der Waals surface area contributed by atoms with E-state index in [1.807, 2.05) is 0 Å². The second kappa shape index (κ2) is 3.44. The van der Waals surface area contributed by atoms with Crippen LogP contribution < -0.4 is 5.32 Å². The van der Waals surface area contributed by atoms with Crippen molar-refractivity contribution in [3.8, 4) is 0 Å². The Kier molecular flexibility index (Phi) is 2.13. The molecule has 2 heterocycles. The summed E-state index contributed by atoms with van der Waals surface area (Å²) in [6.45, 7) is 2.19. The topological polar surface area (TPSA) is 15.3 Å². The third-order valence-electron chi connectivity index (χ3n) is 5.30. The van der Waals surface area contributed by atoms with Crippen LogP contribution in [0.15, 0.2) is 34.2 Å². The molecule has 1 N–H and O–H groups in total. The van der Waals surface area contributed by atoms with E-state index in [1.165, 1.54) is 54.3 Å². The summed E-state index contributed by atoms with van der Waals surface area (Å²) in [4.78, 5) is 2.47. The Bertz CT molecular complexity index is 487. The van der Waals surface area contributed by atoms with Gasteiger partial charge in [0.2, 0.25) is 0 Å². The first-order valence-corrected chi connectivity index (χ1v) is 7.75. The Morgan fingerprint density at radius 3 is 2.50 bits per heavy atom. The number of nitrogens with zero attached hydrogens (tertiary/aromatic N) is 1. The molecular weight excluding hydrogens is 288 g/mol. The highest BCUT2D eigenvalue weighted by Crippen LogP contribution is 2.59. The molecule has 2 fully saturated rings. The molecule has 4 rings (SSSR count). The molecule has 0 amide bonds. The van der Waals surface area contributed by atoms with E-state index in [9.17, 15) is 0 Å². The van der Waals surface area contributed by atoms with E-state index in [0.29, 0.717) is 0 Å². The first-order valence-electron chi connectivity index (χ1n) is 6.96. The minimum atomic E-state index is 0.164. The number of hydrogen-bond acceptors (Lipinski definition) is 2. The van der Waals surface area contributed by atoms with Crippen molar-refractivity contribution in [2.45, 2.75) is 51.1 Å². The molecule has 2 nitrogen and oxygen atoms in total. The molecule has 96 valence electrons. The summed E-state index contributed by atoms with van der Waals surface area (Å²) in [5.41, 5.74) is 3.61. The van der Waals surface area contributed by atoms with Crippen molar-refractivity contribution in [2.24, 2.45) is 5.41 Å². The zero-order valence-electron chi connectivity index (χ0n) is 10.8. The van der Waals surface area contributed by atoms with E-state index >= 15 is 0 Å². The van der Waals surface area contributed by atoms with E-state index in [1.54, 1.807) is 0 Å². The molecule has 0 aromatic rings. The molecule has 0 bridgehead atoms. The molecule has 4 aliphatic rings. The SMILES string of the molecule is CC1=CC(Br)=CN2C1=CNC21CCC2(CC2)CC1. The van der Waals surface area contributed by atoms with Crippen LogP contribution in [0.5, 0.6) is 0 Å². The van der Waals surface area contributed by atoms with Gasteiger partial charge in [0.25, 0.3) is 0 Å². The molecule has 0 unspecified atom stereocenters. The number of hydrogen-bond donors (Lipinski definition) is 1. The summed E-state index contributed by atoms with van der Waals surface area (Å²) in [5.74, 6) is 0. The van der Waals surface area contributed by atoms with Crippen molar-refractivity contribution in [3.05, 3.63) is 34.2 Å². The van der Waals surface area contributed by atoms with Gasteiger partial charge in [-0.25, -0.2) is 0 Å². The lowest BCUT2D eigenvalue weighted by atomic mass is 9.79. The minimum Gasteiger partial charge on any atom is -0.367 e. The van der Waals surface area contributed by atoms with Crippen LogP contribution in [0.1, 0.15) is 45.4 Å². The van der Waals surface area contributed by atoms with Gasteiger partial charge in [0.15, 0.2) is 0 Å². The first-order chi connectivity index (χ1) is 8.63. The molecule has 2 aliphatic carbocycles. The van der Waals surface area contributed by atoms with E-state index in [2.05, 4.69) is 51.5 Å². The summed E-state index contributed by atoms with van der Waals surface area (Å²) >= 11 is 3.64. The van der Waals surface area contributed by atoms with Crippen molar-refractivity contribution < 1.29 is 0 Å². The lowest BCUT2D eigenvalue weighted by molar-refractivity contribution is 0.0933. The van der Waals surface area contributed by atoms with Crippen LogP contribution >= 0.6 is 15.9 Å². The van der Waals surface area contributed by atoms with Crippen molar-refractivity contribution in [1.29, 1.82) is 0 Å². The summed E-state index contributed by atoms with van der Waals surface area (Å²) in [5, 5.41) is 3.69. The maximum absolute atomic E-state index is 3.69. The van der Waals surface area contributed by atoms with Gasteiger partial charge in [-0.15, -0.1) is 0 Å². The molecule has 0 radical (unpaired) electrons. The molecule has 2 aliphatic heterocycles. The van der Waals surface area contributed by atoms with Gasteiger partial charge in [-0.05, 0) is 78.4 Å². The van der Waals surface area contributed by atoms with E-state index in [0.717, 1.165) is 5.41 Å². The standard InChI is InChI=1S/C15H19BrN2/c1-11-8-12(16)10-18-13(11)9-17-15(18)6-4-14(2-3-14)5-7-15/h8-10,17H,2-7H2,1H3. The lowest BCUT2D eigenvalue weighted by Gasteiger charge is -2.45. The maximum Gasteiger partial charge on any atom is 0.114 e. The maximum atomic E-state index is 3.69. The number of allylic oxidation sites excluding steroid dienone is 3. The molecule has 2 saturated carbocycles.